The average molecular weight is 274 g/mol. The molecule has 0 spiro atoms. The molecule has 0 amide bonds. The Kier molecular flexibility index (Phi) is 5.22. The smallest absolute Gasteiger partial charge is 0.00704 e. The third-order valence-corrected chi connectivity index (χ3v) is 4.54. The van der Waals surface area contributed by atoms with E-state index in [0.29, 0.717) is 6.04 Å². The topological polar surface area (TPSA) is 38.0 Å². The highest BCUT2D eigenvalue weighted by molar-refractivity contribution is 5.27. The normalized spacial score (nSPS) is 23.2. The Hall–Kier alpha value is -0.860. The van der Waals surface area contributed by atoms with Crippen molar-refractivity contribution in [3.8, 4) is 0 Å². The van der Waals surface area contributed by atoms with Crippen LogP contribution in [0.2, 0.25) is 0 Å². The molecule has 3 N–H and O–H groups in total. The van der Waals surface area contributed by atoms with Gasteiger partial charge in [-0.3, -0.25) is 0 Å². The van der Waals surface area contributed by atoms with Gasteiger partial charge in [-0.25, -0.2) is 0 Å². The third kappa shape index (κ3) is 4.32. The van der Waals surface area contributed by atoms with Crippen molar-refractivity contribution in [2.75, 3.05) is 13.1 Å². The third-order valence-electron chi connectivity index (χ3n) is 4.54. The maximum Gasteiger partial charge on any atom is 0.00704 e. The van der Waals surface area contributed by atoms with E-state index in [9.17, 15) is 0 Å². The molecule has 20 heavy (non-hydrogen) atoms. The summed E-state index contributed by atoms with van der Waals surface area (Å²) in [5.41, 5.74) is 8.83. The largest absolute Gasteiger partial charge is 0.330 e. The van der Waals surface area contributed by atoms with Gasteiger partial charge in [-0.05, 0) is 61.2 Å². The molecule has 0 aromatic heterocycles. The second kappa shape index (κ2) is 6.73. The van der Waals surface area contributed by atoms with E-state index in [0.717, 1.165) is 25.4 Å². The Morgan fingerprint density at radius 1 is 1.15 bits per heavy atom. The van der Waals surface area contributed by atoms with Crippen LogP contribution in [0.1, 0.15) is 51.2 Å². The number of nitrogens with one attached hydrogen (secondary N) is 1. The summed E-state index contributed by atoms with van der Waals surface area (Å²) in [5, 5.41) is 3.68. The van der Waals surface area contributed by atoms with Crippen LogP contribution in [0.15, 0.2) is 24.3 Å². The molecule has 1 aromatic rings. The van der Waals surface area contributed by atoms with Crippen LogP contribution in [0.4, 0.5) is 0 Å². The summed E-state index contributed by atoms with van der Waals surface area (Å²) in [5.74, 6) is 0.749. The molecule has 2 heteroatoms. The number of rotatable bonds is 5. The number of hydrogen-bond donors (Lipinski definition) is 2. The standard InChI is InChI=1S/C18H30N2/c1-18(2,3)16-7-4-14(5-8-16)10-11-20-17-9-6-15(12-17)13-19/h4-5,7-8,15,17,20H,6,9-13,19H2,1-3H3. The Labute approximate surface area is 124 Å². The fourth-order valence-electron chi connectivity index (χ4n) is 3.07. The van der Waals surface area contributed by atoms with Crippen molar-refractivity contribution >= 4 is 0 Å². The summed E-state index contributed by atoms with van der Waals surface area (Å²) in [6.45, 7) is 8.72. The fraction of sp³-hybridized carbons (Fsp3) is 0.667. The molecule has 0 aliphatic heterocycles. The van der Waals surface area contributed by atoms with Crippen molar-refractivity contribution in [2.45, 2.75) is 57.9 Å². The molecule has 1 aliphatic rings. The lowest BCUT2D eigenvalue weighted by Crippen LogP contribution is -2.29. The second-order valence-corrected chi connectivity index (χ2v) is 7.26. The van der Waals surface area contributed by atoms with E-state index in [4.69, 9.17) is 5.73 Å². The molecule has 0 heterocycles. The first-order valence-corrected chi connectivity index (χ1v) is 8.02. The van der Waals surface area contributed by atoms with E-state index in [2.05, 4.69) is 50.4 Å². The van der Waals surface area contributed by atoms with Crippen molar-refractivity contribution in [1.82, 2.24) is 5.32 Å². The average Bonchev–Trinajstić information content (AvgIpc) is 2.86. The highest BCUT2D eigenvalue weighted by Gasteiger charge is 2.22. The Bertz CT molecular complexity index is 402. The quantitative estimate of drug-likeness (QED) is 0.865. The van der Waals surface area contributed by atoms with Crippen LogP contribution in [0.5, 0.6) is 0 Å². The van der Waals surface area contributed by atoms with Gasteiger partial charge in [0, 0.05) is 6.04 Å². The van der Waals surface area contributed by atoms with Crippen LogP contribution in [0.25, 0.3) is 0 Å². The summed E-state index contributed by atoms with van der Waals surface area (Å²) < 4.78 is 0. The molecular formula is C18H30N2. The molecule has 0 radical (unpaired) electrons. The van der Waals surface area contributed by atoms with Crippen LogP contribution >= 0.6 is 0 Å². The van der Waals surface area contributed by atoms with Crippen molar-refractivity contribution in [1.29, 1.82) is 0 Å². The number of nitrogens with two attached hydrogens (primary N) is 1. The Morgan fingerprint density at radius 3 is 2.40 bits per heavy atom. The van der Waals surface area contributed by atoms with Gasteiger partial charge in [0.05, 0.1) is 0 Å². The predicted octanol–water partition coefficient (Wildman–Crippen LogP) is 3.24. The first-order valence-electron chi connectivity index (χ1n) is 8.02. The molecule has 2 nitrogen and oxygen atoms in total. The van der Waals surface area contributed by atoms with Crippen LogP contribution in [-0.4, -0.2) is 19.1 Å². The Morgan fingerprint density at radius 2 is 1.85 bits per heavy atom. The Balaban J connectivity index is 1.75. The van der Waals surface area contributed by atoms with Crippen LogP contribution < -0.4 is 11.1 Å². The SMILES string of the molecule is CC(C)(C)c1ccc(CCNC2CCC(CN)C2)cc1. The van der Waals surface area contributed by atoms with E-state index in [1.807, 2.05) is 0 Å². The van der Waals surface area contributed by atoms with Crippen LogP contribution in [-0.2, 0) is 11.8 Å². The fourth-order valence-corrected chi connectivity index (χ4v) is 3.07. The van der Waals surface area contributed by atoms with E-state index >= 15 is 0 Å². The van der Waals surface area contributed by atoms with Gasteiger partial charge < -0.3 is 11.1 Å². The molecule has 1 saturated carbocycles. The highest BCUT2D eigenvalue weighted by Crippen LogP contribution is 2.24. The summed E-state index contributed by atoms with van der Waals surface area (Å²) in [7, 11) is 0. The maximum absolute atomic E-state index is 5.74. The molecule has 2 unspecified atom stereocenters. The second-order valence-electron chi connectivity index (χ2n) is 7.26. The van der Waals surface area contributed by atoms with Crippen molar-refractivity contribution < 1.29 is 0 Å². The lowest BCUT2D eigenvalue weighted by Gasteiger charge is -2.19. The zero-order chi connectivity index (χ0) is 14.6. The summed E-state index contributed by atoms with van der Waals surface area (Å²) in [6, 6.07) is 9.79. The van der Waals surface area contributed by atoms with Gasteiger partial charge in [-0.2, -0.15) is 0 Å². The molecule has 112 valence electrons. The lowest BCUT2D eigenvalue weighted by atomic mass is 9.86. The summed E-state index contributed by atoms with van der Waals surface area (Å²) in [6.07, 6.45) is 4.98. The maximum atomic E-state index is 5.74. The first-order chi connectivity index (χ1) is 9.49. The van der Waals surface area contributed by atoms with Crippen molar-refractivity contribution in [3.63, 3.8) is 0 Å². The molecular weight excluding hydrogens is 244 g/mol. The molecule has 2 rings (SSSR count). The van der Waals surface area contributed by atoms with Gasteiger partial charge in [0.1, 0.15) is 0 Å². The van der Waals surface area contributed by atoms with E-state index in [1.54, 1.807) is 0 Å². The molecule has 2 atom stereocenters. The highest BCUT2D eigenvalue weighted by atomic mass is 14.9. The predicted molar refractivity (Wildman–Crippen MR) is 87.0 cm³/mol. The molecule has 0 bridgehead atoms. The monoisotopic (exact) mass is 274 g/mol. The van der Waals surface area contributed by atoms with Crippen molar-refractivity contribution in [2.24, 2.45) is 11.7 Å². The summed E-state index contributed by atoms with van der Waals surface area (Å²) in [4.78, 5) is 0. The van der Waals surface area contributed by atoms with Gasteiger partial charge in [-0.15, -0.1) is 0 Å². The van der Waals surface area contributed by atoms with Gasteiger partial charge >= 0.3 is 0 Å². The van der Waals surface area contributed by atoms with E-state index < -0.39 is 0 Å². The van der Waals surface area contributed by atoms with E-state index in [-0.39, 0.29) is 5.41 Å². The minimum atomic E-state index is 0.248. The zero-order valence-corrected chi connectivity index (χ0v) is 13.3. The molecule has 1 aliphatic carbocycles. The van der Waals surface area contributed by atoms with Gasteiger partial charge in [0.25, 0.3) is 0 Å². The minimum Gasteiger partial charge on any atom is -0.330 e. The van der Waals surface area contributed by atoms with E-state index in [1.165, 1.54) is 30.4 Å². The summed E-state index contributed by atoms with van der Waals surface area (Å²) >= 11 is 0. The lowest BCUT2D eigenvalue weighted by molar-refractivity contribution is 0.493. The van der Waals surface area contributed by atoms with Gasteiger partial charge in [0.15, 0.2) is 0 Å². The van der Waals surface area contributed by atoms with Crippen LogP contribution in [0.3, 0.4) is 0 Å². The van der Waals surface area contributed by atoms with Crippen molar-refractivity contribution in [3.05, 3.63) is 35.4 Å². The zero-order valence-electron chi connectivity index (χ0n) is 13.3. The first kappa shape index (κ1) is 15.5. The molecule has 0 saturated heterocycles. The minimum absolute atomic E-state index is 0.248. The number of hydrogen-bond acceptors (Lipinski definition) is 2. The van der Waals surface area contributed by atoms with Crippen LogP contribution in [0, 0.1) is 5.92 Å². The van der Waals surface area contributed by atoms with Gasteiger partial charge in [-0.1, -0.05) is 45.0 Å². The number of benzene rings is 1. The molecule has 1 fully saturated rings. The molecule has 1 aromatic carbocycles. The van der Waals surface area contributed by atoms with Gasteiger partial charge in [0.2, 0.25) is 0 Å².